The number of carbonyl (C=O) groups excluding carboxylic acids is 1. The van der Waals surface area contributed by atoms with Gasteiger partial charge >= 0.3 is 0 Å². The van der Waals surface area contributed by atoms with E-state index in [0.29, 0.717) is 6.54 Å². The van der Waals surface area contributed by atoms with Crippen molar-refractivity contribution < 1.29 is 9.90 Å². The molecule has 0 aromatic rings. The molecular weight excluding hydrogens is 300 g/mol. The van der Waals surface area contributed by atoms with Gasteiger partial charge in [-0.25, -0.2) is 0 Å². The minimum Gasteiger partial charge on any atom is -0.396 e. The molecule has 2 rings (SSSR count). The van der Waals surface area contributed by atoms with Gasteiger partial charge in [0.05, 0.1) is 6.54 Å². The second kappa shape index (κ2) is 11.0. The lowest BCUT2D eigenvalue weighted by Crippen LogP contribution is -2.39. The van der Waals surface area contributed by atoms with Crippen LogP contribution in [0.5, 0.6) is 0 Å². The Morgan fingerprint density at radius 3 is 2.17 bits per heavy atom. The number of allylic oxidation sites excluding steroid dienone is 6. The number of nitrogens with one attached hydrogen (secondary N) is 1. The van der Waals surface area contributed by atoms with Crippen molar-refractivity contribution in [2.24, 2.45) is 0 Å². The zero-order valence-electron chi connectivity index (χ0n) is 14.5. The summed E-state index contributed by atoms with van der Waals surface area (Å²) in [5.41, 5.74) is 2.75. The largest absolute Gasteiger partial charge is 0.396 e. The first-order chi connectivity index (χ1) is 11.8. The van der Waals surface area contributed by atoms with Crippen LogP contribution in [0.2, 0.25) is 0 Å². The van der Waals surface area contributed by atoms with E-state index in [2.05, 4.69) is 46.7 Å². The van der Waals surface area contributed by atoms with Gasteiger partial charge < -0.3 is 10.4 Å². The molecule has 0 aromatic heterocycles. The smallest absolute Gasteiger partial charge is 0.234 e. The number of carbonyl (C=O) groups is 1. The first-order valence-corrected chi connectivity index (χ1v) is 9.07. The maximum Gasteiger partial charge on any atom is 0.234 e. The summed E-state index contributed by atoms with van der Waals surface area (Å²) in [5, 5.41) is 11.8. The van der Waals surface area contributed by atoms with E-state index in [1.54, 1.807) is 0 Å². The van der Waals surface area contributed by atoms with Crippen molar-refractivity contribution >= 4 is 5.91 Å². The van der Waals surface area contributed by atoms with Crippen molar-refractivity contribution in [2.45, 2.75) is 38.5 Å². The maximum atomic E-state index is 12.2. The van der Waals surface area contributed by atoms with Crippen molar-refractivity contribution in [1.82, 2.24) is 10.2 Å². The quantitative estimate of drug-likeness (QED) is 0.541. The van der Waals surface area contributed by atoms with Gasteiger partial charge in [0.2, 0.25) is 5.91 Å². The number of rotatable bonds is 12. The van der Waals surface area contributed by atoms with Gasteiger partial charge in [-0.3, -0.25) is 9.69 Å². The van der Waals surface area contributed by atoms with Crippen LogP contribution < -0.4 is 5.32 Å². The van der Waals surface area contributed by atoms with Gasteiger partial charge in [-0.15, -0.1) is 0 Å². The fourth-order valence-corrected chi connectivity index (χ4v) is 3.04. The zero-order valence-corrected chi connectivity index (χ0v) is 14.5. The average molecular weight is 330 g/mol. The summed E-state index contributed by atoms with van der Waals surface area (Å²) in [6, 6.07) is 0. The molecule has 0 radical (unpaired) electrons. The van der Waals surface area contributed by atoms with Gasteiger partial charge in [0, 0.05) is 26.2 Å². The predicted molar refractivity (Wildman–Crippen MR) is 98.7 cm³/mol. The van der Waals surface area contributed by atoms with Crippen LogP contribution in [0.1, 0.15) is 38.5 Å². The third-order valence-corrected chi connectivity index (χ3v) is 4.32. The molecule has 0 aliphatic heterocycles. The Hall–Kier alpha value is -1.65. The first-order valence-electron chi connectivity index (χ1n) is 9.07. The summed E-state index contributed by atoms with van der Waals surface area (Å²) < 4.78 is 0. The average Bonchev–Trinajstić information content (AvgIpc) is 3.24. The molecule has 2 aliphatic carbocycles. The van der Waals surface area contributed by atoms with E-state index in [9.17, 15) is 4.79 Å². The summed E-state index contributed by atoms with van der Waals surface area (Å²) in [7, 11) is 0. The second-order valence-corrected chi connectivity index (χ2v) is 6.55. The molecule has 0 heterocycles. The molecule has 4 nitrogen and oxygen atoms in total. The highest BCUT2D eigenvalue weighted by Gasteiger charge is 2.15. The van der Waals surface area contributed by atoms with E-state index < -0.39 is 0 Å². The van der Waals surface area contributed by atoms with Crippen molar-refractivity contribution in [3.63, 3.8) is 0 Å². The van der Waals surface area contributed by atoms with Gasteiger partial charge in [0.1, 0.15) is 0 Å². The molecule has 2 N–H and O–H groups in total. The second-order valence-electron chi connectivity index (χ2n) is 6.55. The number of amides is 1. The minimum absolute atomic E-state index is 0.107. The number of aliphatic hydroxyl groups is 1. The number of aliphatic hydroxyl groups excluding tert-OH is 1. The van der Waals surface area contributed by atoms with Gasteiger partial charge in [0.15, 0.2) is 0 Å². The van der Waals surface area contributed by atoms with E-state index in [0.717, 1.165) is 58.2 Å². The fourth-order valence-electron chi connectivity index (χ4n) is 3.04. The van der Waals surface area contributed by atoms with Crippen LogP contribution in [0.4, 0.5) is 0 Å². The number of hydrogen-bond acceptors (Lipinski definition) is 3. The molecule has 4 heteroatoms. The van der Waals surface area contributed by atoms with E-state index in [1.807, 2.05) is 0 Å². The van der Waals surface area contributed by atoms with Crippen LogP contribution in [0.3, 0.4) is 0 Å². The molecule has 0 fully saturated rings. The molecule has 0 saturated carbocycles. The Kier molecular flexibility index (Phi) is 8.56. The molecule has 132 valence electrons. The van der Waals surface area contributed by atoms with Crippen molar-refractivity contribution in [2.75, 3.05) is 32.8 Å². The van der Waals surface area contributed by atoms with Crippen LogP contribution in [0, 0.1) is 0 Å². The predicted octanol–water partition coefficient (Wildman–Crippen LogP) is 2.73. The van der Waals surface area contributed by atoms with Crippen molar-refractivity contribution in [3.05, 3.63) is 47.6 Å². The minimum atomic E-state index is 0.107. The number of nitrogens with zero attached hydrogens (tertiary/aromatic N) is 1. The molecule has 0 spiro atoms. The molecule has 1 amide bonds. The highest BCUT2D eigenvalue weighted by molar-refractivity contribution is 5.78. The van der Waals surface area contributed by atoms with Crippen LogP contribution in [0.15, 0.2) is 47.6 Å². The molecule has 0 saturated heterocycles. The zero-order chi connectivity index (χ0) is 17.0. The lowest BCUT2D eigenvalue weighted by atomic mass is 10.1. The molecular formula is C20H30N2O2. The molecule has 0 atom stereocenters. The molecule has 2 aliphatic rings. The number of unbranched alkanes of at least 4 members (excludes halogenated alkanes) is 3. The highest BCUT2D eigenvalue weighted by Crippen LogP contribution is 2.16. The van der Waals surface area contributed by atoms with E-state index in [1.165, 1.54) is 11.1 Å². The Morgan fingerprint density at radius 1 is 1.00 bits per heavy atom. The number of hydrogen-bond donors (Lipinski definition) is 2. The normalized spacial score (nSPS) is 15.9. The third kappa shape index (κ3) is 7.28. The van der Waals surface area contributed by atoms with E-state index in [4.69, 9.17) is 5.11 Å². The van der Waals surface area contributed by atoms with Crippen LogP contribution in [-0.4, -0.2) is 48.7 Å². The van der Waals surface area contributed by atoms with E-state index in [-0.39, 0.29) is 12.5 Å². The summed E-state index contributed by atoms with van der Waals surface area (Å²) >= 11 is 0. The van der Waals surface area contributed by atoms with E-state index >= 15 is 0 Å². The molecule has 0 aromatic carbocycles. The summed E-state index contributed by atoms with van der Waals surface area (Å²) in [4.78, 5) is 14.5. The van der Waals surface area contributed by atoms with Gasteiger partial charge in [-0.1, -0.05) is 60.4 Å². The lowest BCUT2D eigenvalue weighted by Gasteiger charge is -2.23. The topological polar surface area (TPSA) is 52.6 Å². The summed E-state index contributed by atoms with van der Waals surface area (Å²) in [5.74, 6) is 0.107. The van der Waals surface area contributed by atoms with Crippen LogP contribution >= 0.6 is 0 Å². The molecule has 0 bridgehead atoms. The maximum absolute atomic E-state index is 12.2. The van der Waals surface area contributed by atoms with Gasteiger partial charge in [-0.05, 0) is 25.7 Å². The van der Waals surface area contributed by atoms with Crippen LogP contribution in [0.25, 0.3) is 0 Å². The van der Waals surface area contributed by atoms with Gasteiger partial charge in [0.25, 0.3) is 0 Å². The van der Waals surface area contributed by atoms with Gasteiger partial charge in [-0.2, -0.15) is 0 Å². The SMILES string of the molecule is O=C(CN(CC1=CC=CC1)CC1=CC=CC1)NCCCCCCO. The Labute approximate surface area is 145 Å². The molecule has 24 heavy (non-hydrogen) atoms. The fraction of sp³-hybridized carbons (Fsp3) is 0.550. The monoisotopic (exact) mass is 330 g/mol. The van der Waals surface area contributed by atoms with Crippen molar-refractivity contribution in [1.29, 1.82) is 0 Å². The summed E-state index contributed by atoms with van der Waals surface area (Å²) in [6.45, 7) is 3.15. The summed E-state index contributed by atoms with van der Waals surface area (Å²) in [6.07, 6.45) is 18.8. The third-order valence-electron chi connectivity index (χ3n) is 4.32. The molecule has 0 unspecified atom stereocenters. The lowest BCUT2D eigenvalue weighted by molar-refractivity contribution is -0.122. The van der Waals surface area contributed by atoms with Crippen molar-refractivity contribution in [3.8, 4) is 0 Å². The first kappa shape index (κ1) is 18.7. The Balaban J connectivity index is 1.71. The standard InChI is InChI=1S/C20H30N2O2/c23-14-8-2-1-7-13-21-20(24)17-22(15-18-9-3-4-10-18)16-19-11-5-6-12-19/h3-6,9,11,23H,1-2,7-8,10,12-17H2,(H,21,24). The van der Waals surface area contributed by atoms with Crippen LogP contribution in [-0.2, 0) is 4.79 Å². The Morgan fingerprint density at radius 2 is 1.62 bits per heavy atom. The Bertz CT molecular complexity index is 486. The highest BCUT2D eigenvalue weighted by atomic mass is 16.2.